The molecule has 0 radical (unpaired) electrons. The molecule has 128 valence electrons. The Labute approximate surface area is 146 Å². The monoisotopic (exact) mass is 323 g/mol. The van der Waals surface area contributed by atoms with Crippen LogP contribution in [-0.2, 0) is 0 Å². The molecular weight excluding hydrogens is 294 g/mol. The lowest BCUT2D eigenvalue weighted by atomic mass is 9.91. The van der Waals surface area contributed by atoms with Crippen LogP contribution < -0.4 is 0 Å². The molecule has 3 unspecified atom stereocenters. The van der Waals surface area contributed by atoms with Gasteiger partial charge in [0.15, 0.2) is 0 Å². The van der Waals surface area contributed by atoms with E-state index in [1.807, 2.05) is 6.07 Å². The van der Waals surface area contributed by atoms with Gasteiger partial charge >= 0.3 is 0 Å². The van der Waals surface area contributed by atoms with Crippen molar-refractivity contribution in [2.45, 2.75) is 32.8 Å². The van der Waals surface area contributed by atoms with E-state index in [1.54, 1.807) is 0 Å². The number of hydrogen-bond donors (Lipinski definition) is 1. The van der Waals surface area contributed by atoms with Gasteiger partial charge in [0.2, 0.25) is 0 Å². The first-order chi connectivity index (χ1) is 11.6. The van der Waals surface area contributed by atoms with Crippen LogP contribution in [0.3, 0.4) is 0 Å². The summed E-state index contributed by atoms with van der Waals surface area (Å²) in [7, 11) is 0. The second-order valence-corrected chi connectivity index (χ2v) is 7.50. The average molecular weight is 323 g/mol. The highest BCUT2D eigenvalue weighted by Crippen LogP contribution is 2.25. The number of nitrogens with zero attached hydrogens (tertiary/aromatic N) is 1. The first-order valence-electron chi connectivity index (χ1n) is 9.17. The van der Waals surface area contributed by atoms with Crippen LogP contribution in [0, 0.1) is 11.8 Å². The van der Waals surface area contributed by atoms with E-state index < -0.39 is 0 Å². The lowest BCUT2D eigenvalue weighted by Crippen LogP contribution is -2.39. The van der Waals surface area contributed by atoms with Gasteiger partial charge in [-0.3, -0.25) is 0 Å². The number of likely N-dealkylation sites (tertiary alicyclic amines) is 1. The van der Waals surface area contributed by atoms with Gasteiger partial charge in [0.05, 0.1) is 6.10 Å². The maximum absolute atomic E-state index is 10.5. The van der Waals surface area contributed by atoms with Crippen LogP contribution in [0.4, 0.5) is 0 Å². The molecule has 1 N–H and O–H groups in total. The van der Waals surface area contributed by atoms with Crippen molar-refractivity contribution in [1.82, 2.24) is 4.90 Å². The summed E-state index contributed by atoms with van der Waals surface area (Å²) >= 11 is 0. The molecule has 1 aliphatic heterocycles. The number of piperidine rings is 1. The molecule has 1 aliphatic rings. The SMILES string of the molecule is CC1CC(C)CN(CCC(O)c2ccc(-c3ccccc3)cc2)C1. The third-order valence-corrected chi connectivity index (χ3v) is 5.07. The van der Waals surface area contributed by atoms with Gasteiger partial charge in [-0.25, -0.2) is 0 Å². The zero-order chi connectivity index (χ0) is 16.9. The van der Waals surface area contributed by atoms with Crippen molar-refractivity contribution >= 4 is 0 Å². The van der Waals surface area contributed by atoms with E-state index in [-0.39, 0.29) is 6.10 Å². The lowest BCUT2D eigenvalue weighted by Gasteiger charge is -2.35. The van der Waals surface area contributed by atoms with E-state index in [1.165, 1.54) is 30.6 Å². The average Bonchev–Trinajstić information content (AvgIpc) is 2.60. The van der Waals surface area contributed by atoms with Gasteiger partial charge in [-0.05, 0) is 41.4 Å². The molecule has 1 fully saturated rings. The zero-order valence-electron chi connectivity index (χ0n) is 14.9. The molecule has 2 nitrogen and oxygen atoms in total. The summed E-state index contributed by atoms with van der Waals surface area (Å²) in [5.74, 6) is 1.55. The fourth-order valence-corrected chi connectivity index (χ4v) is 3.97. The molecule has 1 heterocycles. The Kier molecular flexibility index (Phi) is 5.70. The van der Waals surface area contributed by atoms with Crippen molar-refractivity contribution in [1.29, 1.82) is 0 Å². The Morgan fingerprint density at radius 1 is 0.917 bits per heavy atom. The fourth-order valence-electron chi connectivity index (χ4n) is 3.97. The molecule has 0 aromatic heterocycles. The van der Waals surface area contributed by atoms with Crippen molar-refractivity contribution < 1.29 is 5.11 Å². The molecule has 0 aliphatic carbocycles. The minimum absolute atomic E-state index is 0.373. The predicted molar refractivity (Wildman–Crippen MR) is 101 cm³/mol. The number of aliphatic hydroxyl groups excluding tert-OH is 1. The largest absolute Gasteiger partial charge is 0.388 e. The van der Waals surface area contributed by atoms with E-state index in [0.717, 1.165) is 30.4 Å². The van der Waals surface area contributed by atoms with Crippen molar-refractivity contribution in [2.75, 3.05) is 19.6 Å². The summed E-state index contributed by atoms with van der Waals surface area (Å²) in [5, 5.41) is 10.5. The van der Waals surface area contributed by atoms with Gasteiger partial charge in [0, 0.05) is 19.6 Å². The zero-order valence-corrected chi connectivity index (χ0v) is 14.9. The maximum Gasteiger partial charge on any atom is 0.0802 e. The summed E-state index contributed by atoms with van der Waals surface area (Å²) in [6.07, 6.45) is 1.77. The third-order valence-electron chi connectivity index (χ3n) is 5.07. The third kappa shape index (κ3) is 4.46. The Balaban J connectivity index is 1.56. The number of rotatable bonds is 5. The molecule has 3 rings (SSSR count). The molecule has 0 saturated carbocycles. The highest BCUT2D eigenvalue weighted by Gasteiger charge is 2.22. The van der Waals surface area contributed by atoms with Gasteiger partial charge in [-0.1, -0.05) is 68.4 Å². The molecule has 0 amide bonds. The summed E-state index contributed by atoms with van der Waals surface area (Å²) in [6, 6.07) is 18.7. The van der Waals surface area contributed by atoms with E-state index in [2.05, 4.69) is 67.3 Å². The highest BCUT2D eigenvalue weighted by molar-refractivity contribution is 5.63. The standard InChI is InChI=1S/C22H29NO/c1-17-14-18(2)16-23(15-17)13-12-22(24)21-10-8-20(9-11-21)19-6-4-3-5-7-19/h3-11,17-18,22,24H,12-16H2,1-2H3. The molecule has 24 heavy (non-hydrogen) atoms. The van der Waals surface area contributed by atoms with Gasteiger partial charge < -0.3 is 10.0 Å². The lowest BCUT2D eigenvalue weighted by molar-refractivity contribution is 0.103. The van der Waals surface area contributed by atoms with Gasteiger partial charge in [0.1, 0.15) is 0 Å². The predicted octanol–water partition coefficient (Wildman–Crippen LogP) is 4.76. The first-order valence-corrected chi connectivity index (χ1v) is 9.17. The van der Waals surface area contributed by atoms with E-state index >= 15 is 0 Å². The van der Waals surface area contributed by atoms with Crippen molar-refractivity contribution in [2.24, 2.45) is 11.8 Å². The molecule has 3 atom stereocenters. The van der Waals surface area contributed by atoms with Crippen molar-refractivity contribution in [3.63, 3.8) is 0 Å². The van der Waals surface area contributed by atoms with E-state index in [4.69, 9.17) is 0 Å². The van der Waals surface area contributed by atoms with Crippen molar-refractivity contribution in [3.8, 4) is 11.1 Å². The van der Waals surface area contributed by atoms with Crippen LogP contribution in [0.25, 0.3) is 11.1 Å². The molecule has 0 spiro atoms. The Hall–Kier alpha value is -1.64. The van der Waals surface area contributed by atoms with Gasteiger partial charge in [-0.2, -0.15) is 0 Å². The van der Waals surface area contributed by atoms with Crippen LogP contribution in [0.2, 0.25) is 0 Å². The molecule has 2 heteroatoms. The Morgan fingerprint density at radius 2 is 1.50 bits per heavy atom. The maximum atomic E-state index is 10.5. The number of aliphatic hydroxyl groups is 1. The second kappa shape index (κ2) is 7.96. The molecular formula is C22H29NO. The number of hydrogen-bond acceptors (Lipinski definition) is 2. The first kappa shape index (κ1) is 17.2. The molecule has 1 saturated heterocycles. The van der Waals surface area contributed by atoms with Gasteiger partial charge in [0.25, 0.3) is 0 Å². The topological polar surface area (TPSA) is 23.5 Å². The molecule has 2 aromatic rings. The normalized spacial score (nSPS) is 23.1. The number of benzene rings is 2. The highest BCUT2D eigenvalue weighted by atomic mass is 16.3. The Bertz CT molecular complexity index is 612. The quantitative estimate of drug-likeness (QED) is 0.858. The summed E-state index contributed by atoms with van der Waals surface area (Å²) in [4.78, 5) is 2.51. The van der Waals surface area contributed by atoms with Crippen LogP contribution in [0.5, 0.6) is 0 Å². The summed E-state index contributed by atoms with van der Waals surface area (Å²) in [6.45, 7) is 7.99. The minimum Gasteiger partial charge on any atom is -0.388 e. The van der Waals surface area contributed by atoms with Crippen LogP contribution in [0.15, 0.2) is 54.6 Å². The van der Waals surface area contributed by atoms with Crippen LogP contribution in [0.1, 0.15) is 38.4 Å². The minimum atomic E-state index is -0.373. The van der Waals surface area contributed by atoms with E-state index in [9.17, 15) is 5.11 Å². The van der Waals surface area contributed by atoms with Crippen LogP contribution >= 0.6 is 0 Å². The molecule has 2 aromatic carbocycles. The van der Waals surface area contributed by atoms with Gasteiger partial charge in [-0.15, -0.1) is 0 Å². The second-order valence-electron chi connectivity index (χ2n) is 7.50. The summed E-state index contributed by atoms with van der Waals surface area (Å²) < 4.78 is 0. The summed E-state index contributed by atoms with van der Waals surface area (Å²) in [5.41, 5.74) is 3.44. The fraction of sp³-hybridized carbons (Fsp3) is 0.455. The Morgan fingerprint density at radius 3 is 2.12 bits per heavy atom. The molecule has 0 bridgehead atoms. The van der Waals surface area contributed by atoms with E-state index in [0.29, 0.717) is 0 Å². The smallest absolute Gasteiger partial charge is 0.0802 e. The van der Waals surface area contributed by atoms with Crippen LogP contribution in [-0.4, -0.2) is 29.6 Å². The van der Waals surface area contributed by atoms with Crippen molar-refractivity contribution in [3.05, 3.63) is 60.2 Å².